The Kier molecular flexibility index (Phi) is 4.32. The third kappa shape index (κ3) is 3.18. The Bertz CT molecular complexity index is 412. The van der Waals surface area contributed by atoms with Crippen molar-refractivity contribution in [3.05, 3.63) is 23.2 Å². The van der Waals surface area contributed by atoms with E-state index < -0.39 is 5.67 Å². The van der Waals surface area contributed by atoms with Crippen molar-refractivity contribution in [3.63, 3.8) is 0 Å². The van der Waals surface area contributed by atoms with Gasteiger partial charge in [0.25, 0.3) is 0 Å². The normalized spacial score (nSPS) is 31.2. The molecule has 0 aromatic rings. The SMILES string of the molecule is C=C(CCC)C1=C(C)B(C2CCC(C)(F)CC2)N=C1. The Labute approximate surface area is 117 Å². The summed E-state index contributed by atoms with van der Waals surface area (Å²) in [4.78, 5) is 4.69. The second-order valence-electron chi connectivity index (χ2n) is 6.42. The van der Waals surface area contributed by atoms with Crippen LogP contribution in [0.5, 0.6) is 0 Å². The highest BCUT2D eigenvalue weighted by molar-refractivity contribution is 6.69. The Morgan fingerprint density at radius 1 is 1.53 bits per heavy atom. The molecule has 1 saturated carbocycles. The van der Waals surface area contributed by atoms with Gasteiger partial charge in [-0.2, -0.15) is 0 Å². The van der Waals surface area contributed by atoms with Crippen LogP contribution in [0.25, 0.3) is 0 Å². The number of allylic oxidation sites excluding steroid dienone is 3. The van der Waals surface area contributed by atoms with E-state index in [1.54, 1.807) is 6.92 Å². The molecular formula is C16H25BFN. The van der Waals surface area contributed by atoms with Crippen molar-refractivity contribution in [3.8, 4) is 0 Å². The Hall–Kier alpha value is -0.855. The van der Waals surface area contributed by atoms with Gasteiger partial charge in [0.05, 0.1) is 0 Å². The number of rotatable bonds is 4. The Morgan fingerprint density at radius 3 is 2.74 bits per heavy atom. The first kappa shape index (κ1) is 14.6. The van der Waals surface area contributed by atoms with Crippen LogP contribution in [0.2, 0.25) is 5.82 Å². The van der Waals surface area contributed by atoms with E-state index >= 15 is 0 Å². The van der Waals surface area contributed by atoms with E-state index in [-0.39, 0.29) is 6.85 Å². The van der Waals surface area contributed by atoms with E-state index in [2.05, 4.69) is 20.4 Å². The number of nitrogens with zero attached hydrogens (tertiary/aromatic N) is 1. The fourth-order valence-corrected chi connectivity index (χ4v) is 3.37. The van der Waals surface area contributed by atoms with Gasteiger partial charge >= 0.3 is 6.85 Å². The largest absolute Gasteiger partial charge is 0.342 e. The monoisotopic (exact) mass is 261 g/mol. The van der Waals surface area contributed by atoms with Crippen molar-refractivity contribution in [1.29, 1.82) is 0 Å². The molecule has 0 spiro atoms. The van der Waals surface area contributed by atoms with Gasteiger partial charge in [-0.15, -0.1) is 0 Å². The highest BCUT2D eigenvalue weighted by Crippen LogP contribution is 2.42. The maximum atomic E-state index is 13.9. The minimum atomic E-state index is -0.953. The molecule has 2 aliphatic rings. The summed E-state index contributed by atoms with van der Waals surface area (Å²) < 4.78 is 13.9. The predicted octanol–water partition coefficient (Wildman–Crippen LogP) is 4.95. The summed E-state index contributed by atoms with van der Waals surface area (Å²) in [6.07, 6.45) is 7.45. The van der Waals surface area contributed by atoms with E-state index in [4.69, 9.17) is 4.90 Å². The van der Waals surface area contributed by atoms with E-state index in [1.165, 1.54) is 16.6 Å². The van der Waals surface area contributed by atoms with Gasteiger partial charge < -0.3 is 4.90 Å². The van der Waals surface area contributed by atoms with Crippen LogP contribution >= 0.6 is 0 Å². The minimum absolute atomic E-state index is 0.278. The van der Waals surface area contributed by atoms with Crippen LogP contribution in [0, 0.1) is 0 Å². The lowest BCUT2D eigenvalue weighted by atomic mass is 9.44. The predicted molar refractivity (Wildman–Crippen MR) is 82.7 cm³/mol. The van der Waals surface area contributed by atoms with Crippen molar-refractivity contribution in [2.45, 2.75) is 70.8 Å². The van der Waals surface area contributed by atoms with Gasteiger partial charge in [-0.1, -0.05) is 38.2 Å². The molecule has 0 N–H and O–H groups in total. The number of halogens is 1. The van der Waals surface area contributed by atoms with Gasteiger partial charge in [0.1, 0.15) is 5.67 Å². The van der Waals surface area contributed by atoms with Crippen LogP contribution in [0.3, 0.4) is 0 Å². The third-order valence-electron chi connectivity index (χ3n) is 4.68. The molecule has 104 valence electrons. The summed E-state index contributed by atoms with van der Waals surface area (Å²) in [6.45, 7) is 10.5. The van der Waals surface area contributed by atoms with Crippen molar-refractivity contribution in [2.24, 2.45) is 4.90 Å². The van der Waals surface area contributed by atoms with Gasteiger partial charge in [-0.25, -0.2) is 4.39 Å². The minimum Gasteiger partial charge on any atom is -0.342 e. The summed E-state index contributed by atoms with van der Waals surface area (Å²) in [5.41, 5.74) is 2.86. The van der Waals surface area contributed by atoms with E-state index in [0.29, 0.717) is 18.7 Å². The fraction of sp³-hybridized carbons (Fsp3) is 0.688. The first-order valence-corrected chi connectivity index (χ1v) is 7.55. The summed E-state index contributed by atoms with van der Waals surface area (Å²) in [5.74, 6) is 0.520. The molecule has 0 atom stereocenters. The van der Waals surface area contributed by atoms with Crippen molar-refractivity contribution in [1.82, 2.24) is 0 Å². The van der Waals surface area contributed by atoms with Crippen LogP contribution in [-0.4, -0.2) is 18.7 Å². The Balaban J connectivity index is 2.04. The summed E-state index contributed by atoms with van der Waals surface area (Å²) in [5, 5.41) is 0. The number of hydrogen-bond donors (Lipinski definition) is 0. The van der Waals surface area contributed by atoms with Gasteiger partial charge in [-0.05, 0) is 50.1 Å². The number of hydrogen-bond acceptors (Lipinski definition) is 1. The lowest BCUT2D eigenvalue weighted by Gasteiger charge is -2.32. The molecule has 1 heterocycles. The average Bonchev–Trinajstić information content (AvgIpc) is 2.72. The molecule has 0 bridgehead atoms. The summed E-state index contributed by atoms with van der Waals surface area (Å²) in [6, 6.07) is 0. The van der Waals surface area contributed by atoms with Gasteiger partial charge in [0, 0.05) is 6.21 Å². The highest BCUT2D eigenvalue weighted by atomic mass is 19.1. The zero-order chi connectivity index (χ0) is 14.0. The highest BCUT2D eigenvalue weighted by Gasteiger charge is 2.38. The van der Waals surface area contributed by atoms with E-state index in [9.17, 15) is 4.39 Å². The van der Waals surface area contributed by atoms with Gasteiger partial charge in [-0.3, -0.25) is 0 Å². The lowest BCUT2D eigenvalue weighted by molar-refractivity contribution is 0.129. The summed E-state index contributed by atoms with van der Waals surface area (Å²) >= 11 is 0. The van der Waals surface area contributed by atoms with Crippen molar-refractivity contribution < 1.29 is 4.39 Å². The molecule has 1 nitrogen and oxygen atoms in total. The van der Waals surface area contributed by atoms with Crippen LogP contribution in [0.1, 0.15) is 59.3 Å². The van der Waals surface area contributed by atoms with Crippen molar-refractivity contribution >= 4 is 13.1 Å². The molecule has 1 fully saturated rings. The molecule has 0 unspecified atom stereocenters. The second kappa shape index (κ2) is 5.64. The molecule has 2 rings (SSSR count). The molecule has 0 aromatic carbocycles. The standard InChI is InChI=1S/C16H25BFN/c1-5-6-12(2)15-11-19-17(13(15)3)14-7-9-16(4,18)10-8-14/h11,14H,2,5-10H2,1,3-4H3. The van der Waals surface area contributed by atoms with Gasteiger partial charge in [0.15, 0.2) is 0 Å². The third-order valence-corrected chi connectivity index (χ3v) is 4.68. The molecule has 0 radical (unpaired) electrons. The average molecular weight is 261 g/mol. The first-order valence-electron chi connectivity index (χ1n) is 7.55. The molecule has 3 heteroatoms. The van der Waals surface area contributed by atoms with Gasteiger partial charge in [0.2, 0.25) is 0 Å². The molecule has 0 aromatic heterocycles. The first-order chi connectivity index (χ1) is 8.94. The van der Waals surface area contributed by atoms with E-state index in [0.717, 1.165) is 25.7 Å². The van der Waals surface area contributed by atoms with Crippen molar-refractivity contribution in [2.75, 3.05) is 0 Å². The maximum absolute atomic E-state index is 13.9. The molecule has 19 heavy (non-hydrogen) atoms. The summed E-state index contributed by atoms with van der Waals surface area (Å²) in [7, 11) is 0. The molecule has 1 aliphatic heterocycles. The quantitative estimate of drug-likeness (QED) is 0.635. The lowest BCUT2D eigenvalue weighted by Crippen LogP contribution is -2.30. The molecular weight excluding hydrogens is 236 g/mol. The molecule has 1 aliphatic carbocycles. The zero-order valence-electron chi connectivity index (χ0n) is 12.5. The van der Waals surface area contributed by atoms with E-state index in [1.807, 2.05) is 6.21 Å². The Morgan fingerprint density at radius 2 is 2.16 bits per heavy atom. The second-order valence-corrected chi connectivity index (χ2v) is 6.42. The van der Waals surface area contributed by atoms with Crippen LogP contribution in [0.4, 0.5) is 4.39 Å². The van der Waals surface area contributed by atoms with Crippen LogP contribution in [-0.2, 0) is 0 Å². The fourth-order valence-electron chi connectivity index (χ4n) is 3.37. The number of alkyl halides is 1. The smallest absolute Gasteiger partial charge is 0.311 e. The topological polar surface area (TPSA) is 12.4 Å². The van der Waals surface area contributed by atoms with Crippen LogP contribution < -0.4 is 0 Å². The maximum Gasteiger partial charge on any atom is 0.311 e. The molecule has 0 saturated heterocycles. The molecule has 0 amide bonds. The zero-order valence-corrected chi connectivity index (χ0v) is 12.5. The van der Waals surface area contributed by atoms with Crippen LogP contribution in [0.15, 0.2) is 28.1 Å².